The van der Waals surface area contributed by atoms with E-state index < -0.39 is 0 Å². The zero-order chi connectivity index (χ0) is 13.7. The molecule has 0 saturated carbocycles. The van der Waals surface area contributed by atoms with Crippen LogP contribution in [-0.4, -0.2) is 5.91 Å². The molecule has 0 fully saturated rings. The highest BCUT2D eigenvalue weighted by molar-refractivity contribution is 9.10. The fraction of sp³-hybridized carbons (Fsp3) is 0.0714. The Morgan fingerprint density at radius 1 is 1.42 bits per heavy atom. The summed E-state index contributed by atoms with van der Waals surface area (Å²) in [5.41, 5.74) is 7.26. The number of hydrogen-bond donors (Lipinski definition) is 2. The lowest BCUT2D eigenvalue weighted by atomic mass is 10.2. The number of nitrogens with one attached hydrogen (secondary N) is 1. The minimum absolute atomic E-state index is 0.122. The highest BCUT2D eigenvalue weighted by Crippen LogP contribution is 2.22. The normalized spacial score (nSPS) is 10.8. The molecule has 1 aromatic carbocycles. The van der Waals surface area contributed by atoms with E-state index in [0.717, 1.165) is 14.9 Å². The van der Waals surface area contributed by atoms with E-state index in [1.54, 1.807) is 17.4 Å². The molecule has 0 atom stereocenters. The molecule has 98 valence electrons. The quantitative estimate of drug-likeness (QED) is 0.663. The molecule has 0 bridgehead atoms. The Kier molecular flexibility index (Phi) is 4.76. The number of rotatable bonds is 4. The molecular weight excluding hydrogens is 324 g/mol. The van der Waals surface area contributed by atoms with Crippen LogP contribution < -0.4 is 11.1 Å². The molecule has 1 heterocycles. The molecule has 1 amide bonds. The minimum Gasteiger partial charge on any atom is -0.399 e. The van der Waals surface area contributed by atoms with E-state index in [0.29, 0.717) is 12.2 Å². The Balaban J connectivity index is 1.89. The number of carbonyl (C=O) groups excluding carboxylic acids is 1. The lowest BCUT2D eigenvalue weighted by Crippen LogP contribution is -2.19. The number of hydrogen-bond acceptors (Lipinski definition) is 3. The second kappa shape index (κ2) is 6.54. The second-order valence-electron chi connectivity index (χ2n) is 3.91. The third-order valence-electron chi connectivity index (χ3n) is 2.45. The lowest BCUT2D eigenvalue weighted by Gasteiger charge is -2.00. The molecule has 5 heteroatoms. The summed E-state index contributed by atoms with van der Waals surface area (Å²) in [7, 11) is 0. The van der Waals surface area contributed by atoms with Gasteiger partial charge >= 0.3 is 0 Å². The number of amides is 1. The van der Waals surface area contributed by atoms with Crippen LogP contribution in [0.1, 0.15) is 10.4 Å². The number of halogens is 1. The largest absolute Gasteiger partial charge is 0.399 e. The van der Waals surface area contributed by atoms with E-state index >= 15 is 0 Å². The van der Waals surface area contributed by atoms with E-state index in [4.69, 9.17) is 5.73 Å². The molecule has 0 radical (unpaired) electrons. The fourth-order valence-corrected chi connectivity index (χ4v) is 2.94. The third kappa shape index (κ3) is 4.22. The van der Waals surface area contributed by atoms with Crippen LogP contribution in [0.4, 0.5) is 5.69 Å². The van der Waals surface area contributed by atoms with E-state index in [2.05, 4.69) is 21.2 Å². The van der Waals surface area contributed by atoms with Crippen molar-refractivity contribution in [2.45, 2.75) is 6.54 Å². The SMILES string of the molecule is Nc1cccc(/C=C/C(=O)NCc2sccc2Br)c1. The second-order valence-corrected chi connectivity index (χ2v) is 5.77. The van der Waals surface area contributed by atoms with E-state index in [-0.39, 0.29) is 5.91 Å². The monoisotopic (exact) mass is 336 g/mol. The maximum absolute atomic E-state index is 11.7. The van der Waals surface area contributed by atoms with Gasteiger partial charge in [-0.3, -0.25) is 4.79 Å². The van der Waals surface area contributed by atoms with Crippen molar-refractivity contribution >= 4 is 44.9 Å². The maximum Gasteiger partial charge on any atom is 0.244 e. The molecule has 2 aromatic rings. The van der Waals surface area contributed by atoms with Gasteiger partial charge in [0.2, 0.25) is 5.91 Å². The van der Waals surface area contributed by atoms with Gasteiger partial charge in [-0.15, -0.1) is 11.3 Å². The first-order valence-corrected chi connectivity index (χ1v) is 7.36. The summed E-state index contributed by atoms with van der Waals surface area (Å²) < 4.78 is 1.03. The number of carbonyl (C=O) groups is 1. The van der Waals surface area contributed by atoms with Crippen LogP contribution in [0.2, 0.25) is 0 Å². The summed E-state index contributed by atoms with van der Waals surface area (Å²) in [6, 6.07) is 9.35. The van der Waals surface area contributed by atoms with Gasteiger partial charge in [0.25, 0.3) is 0 Å². The molecule has 0 unspecified atom stereocenters. The molecule has 0 aliphatic heterocycles. The van der Waals surface area contributed by atoms with Gasteiger partial charge < -0.3 is 11.1 Å². The van der Waals surface area contributed by atoms with Crippen LogP contribution in [0.5, 0.6) is 0 Å². The van der Waals surface area contributed by atoms with Crippen molar-refractivity contribution in [2.24, 2.45) is 0 Å². The van der Waals surface area contributed by atoms with Gasteiger partial charge in [-0.1, -0.05) is 12.1 Å². The lowest BCUT2D eigenvalue weighted by molar-refractivity contribution is -0.116. The predicted octanol–water partition coefficient (Wildman–Crippen LogP) is 3.42. The van der Waals surface area contributed by atoms with Gasteiger partial charge in [-0.05, 0) is 51.1 Å². The number of nitrogens with two attached hydrogens (primary N) is 1. The molecule has 0 aliphatic rings. The van der Waals surface area contributed by atoms with Crippen LogP contribution in [-0.2, 0) is 11.3 Å². The average molecular weight is 337 g/mol. The number of benzene rings is 1. The molecule has 3 nitrogen and oxygen atoms in total. The Labute approximate surface area is 124 Å². The number of anilines is 1. The predicted molar refractivity (Wildman–Crippen MR) is 83.8 cm³/mol. The van der Waals surface area contributed by atoms with Crippen molar-refractivity contribution in [3.05, 3.63) is 56.7 Å². The molecule has 19 heavy (non-hydrogen) atoms. The van der Waals surface area contributed by atoms with Crippen molar-refractivity contribution in [1.29, 1.82) is 0 Å². The smallest absolute Gasteiger partial charge is 0.244 e. The fourth-order valence-electron chi connectivity index (χ4n) is 1.51. The average Bonchev–Trinajstić information content (AvgIpc) is 2.80. The van der Waals surface area contributed by atoms with Crippen LogP contribution in [0.3, 0.4) is 0 Å². The van der Waals surface area contributed by atoms with E-state index in [1.165, 1.54) is 6.08 Å². The summed E-state index contributed by atoms with van der Waals surface area (Å²) >= 11 is 5.03. The van der Waals surface area contributed by atoms with Crippen molar-refractivity contribution in [3.63, 3.8) is 0 Å². The summed E-state index contributed by atoms with van der Waals surface area (Å²) in [5, 5.41) is 4.81. The molecule has 0 aliphatic carbocycles. The van der Waals surface area contributed by atoms with Gasteiger partial charge in [0.15, 0.2) is 0 Å². The molecular formula is C14H13BrN2OS. The highest BCUT2D eigenvalue weighted by atomic mass is 79.9. The zero-order valence-electron chi connectivity index (χ0n) is 10.1. The summed E-state index contributed by atoms with van der Waals surface area (Å²) in [6.07, 6.45) is 3.26. The standard InChI is InChI=1S/C14H13BrN2OS/c15-12-6-7-19-13(12)9-17-14(18)5-4-10-2-1-3-11(16)8-10/h1-8H,9,16H2,(H,17,18)/b5-4+. The molecule has 2 rings (SSSR count). The summed E-state index contributed by atoms with van der Waals surface area (Å²) in [6.45, 7) is 0.526. The Hall–Kier alpha value is -1.59. The van der Waals surface area contributed by atoms with Crippen LogP contribution in [0.15, 0.2) is 46.3 Å². The van der Waals surface area contributed by atoms with E-state index in [1.807, 2.05) is 35.7 Å². The molecule has 1 aromatic heterocycles. The van der Waals surface area contributed by atoms with Gasteiger partial charge in [-0.2, -0.15) is 0 Å². The van der Waals surface area contributed by atoms with Crippen molar-refractivity contribution in [3.8, 4) is 0 Å². The molecule has 0 spiro atoms. The Morgan fingerprint density at radius 2 is 2.26 bits per heavy atom. The first-order chi connectivity index (χ1) is 9.15. The van der Waals surface area contributed by atoms with Crippen LogP contribution in [0, 0.1) is 0 Å². The number of nitrogen functional groups attached to an aromatic ring is 1. The minimum atomic E-state index is -0.122. The van der Waals surface area contributed by atoms with Gasteiger partial charge in [0.1, 0.15) is 0 Å². The van der Waals surface area contributed by atoms with Crippen molar-refractivity contribution in [1.82, 2.24) is 5.32 Å². The van der Waals surface area contributed by atoms with Crippen molar-refractivity contribution in [2.75, 3.05) is 5.73 Å². The Morgan fingerprint density at radius 3 is 2.95 bits per heavy atom. The Bertz CT molecular complexity index is 607. The van der Waals surface area contributed by atoms with Gasteiger partial charge in [-0.25, -0.2) is 0 Å². The van der Waals surface area contributed by atoms with Crippen molar-refractivity contribution < 1.29 is 4.79 Å². The molecule has 3 N–H and O–H groups in total. The van der Waals surface area contributed by atoms with Gasteiger partial charge in [0, 0.05) is 21.1 Å². The highest BCUT2D eigenvalue weighted by Gasteiger charge is 2.02. The number of thiophene rings is 1. The van der Waals surface area contributed by atoms with Gasteiger partial charge in [0.05, 0.1) is 6.54 Å². The first kappa shape index (κ1) is 13.8. The van der Waals surface area contributed by atoms with Crippen LogP contribution in [0.25, 0.3) is 6.08 Å². The maximum atomic E-state index is 11.7. The zero-order valence-corrected chi connectivity index (χ0v) is 12.5. The first-order valence-electron chi connectivity index (χ1n) is 5.68. The molecule has 0 saturated heterocycles. The summed E-state index contributed by atoms with van der Waals surface area (Å²) in [4.78, 5) is 12.8. The topological polar surface area (TPSA) is 55.1 Å². The summed E-state index contributed by atoms with van der Waals surface area (Å²) in [5.74, 6) is -0.122. The van der Waals surface area contributed by atoms with E-state index in [9.17, 15) is 4.79 Å². The van der Waals surface area contributed by atoms with Crippen LogP contribution >= 0.6 is 27.3 Å². The third-order valence-corrected chi connectivity index (χ3v) is 4.38.